The Morgan fingerprint density at radius 2 is 2.12 bits per heavy atom. The van der Waals surface area contributed by atoms with Crippen LogP contribution < -0.4 is 5.32 Å². The summed E-state index contributed by atoms with van der Waals surface area (Å²) in [6.45, 7) is 4.39. The molecule has 0 saturated carbocycles. The predicted molar refractivity (Wildman–Crippen MR) is 99.7 cm³/mol. The van der Waals surface area contributed by atoms with Gasteiger partial charge in [0.25, 0.3) is 0 Å². The first-order valence-corrected chi connectivity index (χ1v) is 8.80. The molecule has 24 heavy (non-hydrogen) atoms. The van der Waals surface area contributed by atoms with Gasteiger partial charge < -0.3 is 14.8 Å². The van der Waals surface area contributed by atoms with Gasteiger partial charge in [-0.1, -0.05) is 17.7 Å². The Morgan fingerprint density at radius 3 is 2.79 bits per heavy atom. The summed E-state index contributed by atoms with van der Waals surface area (Å²) in [5, 5.41) is 3.36. The van der Waals surface area contributed by atoms with Gasteiger partial charge in [0.1, 0.15) is 11.9 Å². The Hall–Kier alpha value is -1.50. The van der Waals surface area contributed by atoms with E-state index in [1.807, 2.05) is 22.7 Å². The van der Waals surface area contributed by atoms with E-state index in [-0.39, 0.29) is 24.4 Å². The maximum Gasteiger partial charge on any atom is 0.233 e. The van der Waals surface area contributed by atoms with Crippen LogP contribution in [-0.4, -0.2) is 45.7 Å². The molecule has 0 aliphatic carbocycles. The Kier molecular flexibility index (Phi) is 6.71. The van der Waals surface area contributed by atoms with E-state index < -0.39 is 0 Å². The van der Waals surface area contributed by atoms with Crippen molar-refractivity contribution in [3.8, 4) is 0 Å². The third-order valence-corrected chi connectivity index (χ3v) is 5.10. The van der Waals surface area contributed by atoms with E-state index in [1.54, 1.807) is 18.0 Å². The summed E-state index contributed by atoms with van der Waals surface area (Å²) in [5.74, 6) is 1.57. The Bertz CT molecular complexity index is 673. The normalized spacial score (nSPS) is 17.4. The molecule has 7 heteroatoms. The van der Waals surface area contributed by atoms with E-state index >= 15 is 0 Å². The molecule has 1 aliphatic heterocycles. The van der Waals surface area contributed by atoms with Crippen molar-refractivity contribution in [3.63, 3.8) is 0 Å². The first-order valence-electron chi connectivity index (χ1n) is 7.82. The molecular formula is C17H23ClN4OS. The average Bonchev–Trinajstić information content (AvgIpc) is 3.00. The van der Waals surface area contributed by atoms with Crippen LogP contribution >= 0.6 is 24.2 Å². The van der Waals surface area contributed by atoms with Gasteiger partial charge >= 0.3 is 0 Å². The number of amides is 1. The zero-order valence-corrected chi connectivity index (χ0v) is 15.6. The van der Waals surface area contributed by atoms with Crippen LogP contribution in [0.25, 0.3) is 0 Å². The van der Waals surface area contributed by atoms with Crippen molar-refractivity contribution >= 4 is 30.1 Å². The van der Waals surface area contributed by atoms with Crippen LogP contribution in [0.2, 0.25) is 0 Å². The summed E-state index contributed by atoms with van der Waals surface area (Å²) >= 11 is 1.60. The molecule has 2 heterocycles. The highest BCUT2D eigenvalue weighted by atomic mass is 35.5. The molecule has 1 aliphatic rings. The van der Waals surface area contributed by atoms with Crippen molar-refractivity contribution in [2.24, 2.45) is 7.05 Å². The maximum atomic E-state index is 12.7. The minimum absolute atomic E-state index is 0. The number of imidazole rings is 1. The van der Waals surface area contributed by atoms with Gasteiger partial charge in [0.05, 0.1) is 5.75 Å². The van der Waals surface area contributed by atoms with Crippen LogP contribution in [0, 0.1) is 6.92 Å². The van der Waals surface area contributed by atoms with Crippen molar-refractivity contribution < 1.29 is 4.79 Å². The van der Waals surface area contributed by atoms with Gasteiger partial charge in [-0.3, -0.25) is 4.79 Å². The first kappa shape index (κ1) is 18.8. The minimum Gasteiger partial charge on any atom is -0.336 e. The number of aryl methyl sites for hydroxylation is 2. The molecule has 0 radical (unpaired) electrons. The van der Waals surface area contributed by atoms with E-state index in [0.29, 0.717) is 5.75 Å². The quantitative estimate of drug-likeness (QED) is 0.844. The zero-order valence-electron chi connectivity index (χ0n) is 13.9. The predicted octanol–water partition coefficient (Wildman–Crippen LogP) is 2.42. The standard InChI is InChI=1S/C17H22N4OS.ClH/c1-13-3-5-14(6-4-13)23-12-16(22)21-10-7-18-11-15(21)17-19-8-9-20(17)2;/h3-6,8-9,15,18H,7,10-12H2,1-2H3;1H. The van der Waals surface area contributed by atoms with Gasteiger partial charge in [-0.15, -0.1) is 24.2 Å². The van der Waals surface area contributed by atoms with Crippen molar-refractivity contribution in [1.29, 1.82) is 0 Å². The van der Waals surface area contributed by atoms with Gasteiger partial charge in [-0.05, 0) is 19.1 Å². The number of thioether (sulfide) groups is 1. The Morgan fingerprint density at radius 1 is 1.38 bits per heavy atom. The molecule has 1 saturated heterocycles. The van der Waals surface area contributed by atoms with Gasteiger partial charge in [0.15, 0.2) is 0 Å². The second kappa shape index (κ2) is 8.55. The van der Waals surface area contributed by atoms with E-state index in [2.05, 4.69) is 41.5 Å². The molecule has 3 rings (SSSR count). The Balaban J connectivity index is 0.00000208. The molecule has 1 aromatic carbocycles. The molecule has 1 fully saturated rings. The van der Waals surface area contributed by atoms with Gasteiger partial charge in [-0.25, -0.2) is 4.98 Å². The molecular weight excluding hydrogens is 344 g/mol. The number of hydrogen-bond donors (Lipinski definition) is 1. The van der Waals surface area contributed by atoms with Gasteiger partial charge in [-0.2, -0.15) is 0 Å². The summed E-state index contributed by atoms with van der Waals surface area (Å²) in [7, 11) is 1.97. The molecule has 1 N–H and O–H groups in total. The molecule has 5 nitrogen and oxygen atoms in total. The van der Waals surface area contributed by atoms with Crippen molar-refractivity contribution in [1.82, 2.24) is 19.8 Å². The van der Waals surface area contributed by atoms with Crippen LogP contribution in [0.1, 0.15) is 17.4 Å². The number of piperazine rings is 1. The van der Waals surface area contributed by atoms with Crippen LogP contribution in [0.15, 0.2) is 41.6 Å². The summed E-state index contributed by atoms with van der Waals surface area (Å²) in [6, 6.07) is 8.31. The summed E-state index contributed by atoms with van der Waals surface area (Å²) in [4.78, 5) is 20.2. The van der Waals surface area contributed by atoms with Crippen LogP contribution in [0.4, 0.5) is 0 Å². The zero-order chi connectivity index (χ0) is 16.2. The third-order valence-electron chi connectivity index (χ3n) is 4.10. The van der Waals surface area contributed by atoms with Crippen molar-refractivity contribution in [2.45, 2.75) is 17.9 Å². The topological polar surface area (TPSA) is 50.2 Å². The largest absolute Gasteiger partial charge is 0.336 e. The number of benzene rings is 1. The highest BCUT2D eigenvalue weighted by Gasteiger charge is 2.30. The number of carbonyl (C=O) groups is 1. The lowest BCUT2D eigenvalue weighted by atomic mass is 10.1. The highest BCUT2D eigenvalue weighted by molar-refractivity contribution is 8.00. The van der Waals surface area contributed by atoms with E-state index in [0.717, 1.165) is 30.4 Å². The third kappa shape index (κ3) is 4.32. The first-order chi connectivity index (χ1) is 11.1. The SMILES string of the molecule is Cc1ccc(SCC(=O)N2CCNCC2c2nccn2C)cc1.Cl. The number of aromatic nitrogens is 2. The van der Waals surface area contributed by atoms with Crippen molar-refractivity contribution in [2.75, 3.05) is 25.4 Å². The summed E-state index contributed by atoms with van der Waals surface area (Å²) in [6.07, 6.45) is 3.71. The molecule has 1 amide bonds. The molecule has 0 bridgehead atoms. The number of rotatable bonds is 4. The summed E-state index contributed by atoms with van der Waals surface area (Å²) < 4.78 is 1.99. The second-order valence-corrected chi connectivity index (χ2v) is 6.85. The highest BCUT2D eigenvalue weighted by Crippen LogP contribution is 2.24. The lowest BCUT2D eigenvalue weighted by Crippen LogP contribution is -2.50. The number of halogens is 1. The second-order valence-electron chi connectivity index (χ2n) is 5.81. The molecule has 1 atom stereocenters. The maximum absolute atomic E-state index is 12.7. The van der Waals surface area contributed by atoms with Crippen LogP contribution in [0.3, 0.4) is 0 Å². The fourth-order valence-electron chi connectivity index (χ4n) is 2.79. The van der Waals surface area contributed by atoms with Crippen molar-refractivity contribution in [3.05, 3.63) is 48.0 Å². The molecule has 130 valence electrons. The summed E-state index contributed by atoms with van der Waals surface area (Å²) in [5.41, 5.74) is 1.23. The number of nitrogens with zero attached hydrogens (tertiary/aromatic N) is 3. The van der Waals surface area contributed by atoms with E-state index in [1.165, 1.54) is 5.56 Å². The number of nitrogens with one attached hydrogen (secondary N) is 1. The smallest absolute Gasteiger partial charge is 0.233 e. The van der Waals surface area contributed by atoms with Gasteiger partial charge in [0, 0.05) is 44.0 Å². The Labute approximate surface area is 153 Å². The molecule has 2 aromatic rings. The van der Waals surface area contributed by atoms with E-state index in [9.17, 15) is 4.79 Å². The molecule has 0 spiro atoms. The fraction of sp³-hybridized carbons (Fsp3) is 0.412. The van der Waals surface area contributed by atoms with Crippen LogP contribution in [0.5, 0.6) is 0 Å². The molecule has 1 unspecified atom stereocenters. The number of hydrogen-bond acceptors (Lipinski definition) is 4. The van der Waals surface area contributed by atoms with Crippen LogP contribution in [-0.2, 0) is 11.8 Å². The monoisotopic (exact) mass is 366 g/mol. The number of carbonyl (C=O) groups excluding carboxylic acids is 1. The van der Waals surface area contributed by atoms with E-state index in [4.69, 9.17) is 0 Å². The lowest BCUT2D eigenvalue weighted by Gasteiger charge is -2.35. The minimum atomic E-state index is 0. The average molecular weight is 367 g/mol. The van der Waals surface area contributed by atoms with Gasteiger partial charge in [0.2, 0.25) is 5.91 Å². The molecule has 1 aromatic heterocycles. The lowest BCUT2D eigenvalue weighted by molar-refractivity contribution is -0.131. The fourth-order valence-corrected chi connectivity index (χ4v) is 3.58.